The number of benzene rings is 2. The normalized spacial score (nSPS) is 12.1. The number of rotatable bonds is 11. The molecule has 0 radical (unpaired) electrons. The van der Waals surface area contributed by atoms with Gasteiger partial charge in [0.15, 0.2) is 0 Å². The van der Waals surface area contributed by atoms with E-state index in [1.807, 2.05) is 45.9 Å². The van der Waals surface area contributed by atoms with E-state index in [9.17, 15) is 18.3 Å². The lowest BCUT2D eigenvalue weighted by Crippen LogP contribution is -2.34. The molecule has 0 aliphatic rings. The number of nitrogens with zero attached hydrogens (tertiary/aromatic N) is 2. The molecule has 4 N–H and O–H groups in total. The molecule has 1 atom stereocenters. The standard InChI is InChI=1S/C25H30N4O6S.ClH/c1-15(2)34-13-19(26)14-35-22-12-21(23-16(3)7-5-8-17(23)4)27-25(28-22)29-36(32,33)20-10-6-9-18(11-20)24(30)31;/h5-12,15,19H,13-14,26H2,1-4H3,(H,30,31)(H,27,28,29);1H/t19-;/m1./s1. The van der Waals surface area contributed by atoms with Crippen LogP contribution in [0.5, 0.6) is 5.88 Å². The third-order valence-corrected chi connectivity index (χ3v) is 6.47. The maximum Gasteiger partial charge on any atom is 0.335 e. The van der Waals surface area contributed by atoms with Crippen LogP contribution in [0.4, 0.5) is 5.95 Å². The molecule has 10 nitrogen and oxygen atoms in total. The number of hydrogen-bond donors (Lipinski definition) is 3. The van der Waals surface area contributed by atoms with Gasteiger partial charge in [0.2, 0.25) is 11.8 Å². The van der Waals surface area contributed by atoms with E-state index in [2.05, 4.69) is 14.7 Å². The molecule has 0 saturated heterocycles. The van der Waals surface area contributed by atoms with E-state index >= 15 is 0 Å². The molecule has 37 heavy (non-hydrogen) atoms. The molecule has 0 spiro atoms. The van der Waals surface area contributed by atoms with Crippen molar-refractivity contribution in [3.63, 3.8) is 0 Å². The Morgan fingerprint density at radius 2 is 1.70 bits per heavy atom. The smallest absolute Gasteiger partial charge is 0.335 e. The van der Waals surface area contributed by atoms with Gasteiger partial charge >= 0.3 is 5.97 Å². The van der Waals surface area contributed by atoms with Gasteiger partial charge in [-0.05, 0) is 57.0 Å². The Labute approximate surface area is 222 Å². The third-order valence-electron chi connectivity index (χ3n) is 5.15. The zero-order valence-electron chi connectivity index (χ0n) is 21.0. The molecule has 3 aromatic rings. The zero-order chi connectivity index (χ0) is 26.5. The minimum Gasteiger partial charge on any atom is -0.478 e. The molecule has 12 heteroatoms. The van der Waals surface area contributed by atoms with Crippen LogP contribution >= 0.6 is 12.4 Å². The van der Waals surface area contributed by atoms with Crippen molar-refractivity contribution in [1.29, 1.82) is 0 Å². The first-order valence-corrected chi connectivity index (χ1v) is 12.8. The van der Waals surface area contributed by atoms with Crippen LogP contribution in [0.1, 0.15) is 35.3 Å². The topological polar surface area (TPSA) is 154 Å². The zero-order valence-corrected chi connectivity index (χ0v) is 22.6. The number of sulfonamides is 1. The van der Waals surface area contributed by atoms with Gasteiger partial charge in [-0.1, -0.05) is 24.3 Å². The van der Waals surface area contributed by atoms with E-state index in [4.69, 9.17) is 15.2 Å². The lowest BCUT2D eigenvalue weighted by atomic mass is 10.00. The number of hydrogen-bond acceptors (Lipinski definition) is 8. The van der Waals surface area contributed by atoms with E-state index in [-0.39, 0.29) is 54.0 Å². The highest BCUT2D eigenvalue weighted by atomic mass is 35.5. The Bertz CT molecular complexity index is 1330. The minimum absolute atomic E-state index is 0. The fraction of sp³-hybridized carbons (Fsp3) is 0.320. The number of halogens is 1. The van der Waals surface area contributed by atoms with Crippen molar-refractivity contribution >= 4 is 34.3 Å². The van der Waals surface area contributed by atoms with Crippen molar-refractivity contribution < 1.29 is 27.8 Å². The molecule has 0 amide bonds. The van der Waals surface area contributed by atoms with Gasteiger partial charge in [0, 0.05) is 11.6 Å². The number of anilines is 1. The predicted molar refractivity (Wildman–Crippen MR) is 143 cm³/mol. The molecule has 3 rings (SSSR count). The van der Waals surface area contributed by atoms with Crippen molar-refractivity contribution in [3.8, 4) is 17.1 Å². The molecular formula is C25H31ClN4O6S. The van der Waals surface area contributed by atoms with E-state index in [1.165, 1.54) is 18.2 Å². The summed E-state index contributed by atoms with van der Waals surface area (Å²) in [5.41, 5.74) is 9.04. The van der Waals surface area contributed by atoms with E-state index in [0.717, 1.165) is 22.8 Å². The van der Waals surface area contributed by atoms with Gasteiger partial charge in [-0.25, -0.2) is 22.9 Å². The average Bonchev–Trinajstić information content (AvgIpc) is 2.81. The van der Waals surface area contributed by atoms with Crippen LogP contribution in [-0.4, -0.2) is 54.8 Å². The number of nitrogens with one attached hydrogen (secondary N) is 1. The van der Waals surface area contributed by atoms with E-state index < -0.39 is 22.0 Å². The molecule has 0 aliphatic carbocycles. The van der Waals surface area contributed by atoms with Crippen molar-refractivity contribution in [3.05, 3.63) is 65.2 Å². The molecule has 1 heterocycles. The summed E-state index contributed by atoms with van der Waals surface area (Å²) in [7, 11) is -4.19. The largest absolute Gasteiger partial charge is 0.478 e. The number of ether oxygens (including phenoxy) is 2. The van der Waals surface area contributed by atoms with Crippen LogP contribution < -0.4 is 15.2 Å². The molecule has 1 aromatic heterocycles. The quantitative estimate of drug-likeness (QED) is 0.323. The first-order chi connectivity index (χ1) is 17.0. The number of carboxylic acids is 1. The van der Waals surface area contributed by atoms with Gasteiger partial charge in [-0.2, -0.15) is 4.98 Å². The first kappa shape index (κ1) is 30.0. The van der Waals surface area contributed by atoms with Gasteiger partial charge in [-0.3, -0.25) is 0 Å². The first-order valence-electron chi connectivity index (χ1n) is 11.3. The summed E-state index contributed by atoms with van der Waals surface area (Å²) < 4.78 is 39.7. The summed E-state index contributed by atoms with van der Waals surface area (Å²) in [6.07, 6.45) is 0.0198. The highest BCUT2D eigenvalue weighted by Crippen LogP contribution is 2.29. The second kappa shape index (κ2) is 12.8. The minimum atomic E-state index is -4.19. The molecule has 0 saturated carbocycles. The Kier molecular flexibility index (Phi) is 10.4. The summed E-state index contributed by atoms with van der Waals surface area (Å²) in [4.78, 5) is 19.7. The summed E-state index contributed by atoms with van der Waals surface area (Å²) in [5.74, 6) is -1.34. The van der Waals surface area contributed by atoms with Crippen LogP contribution in [0.15, 0.2) is 53.4 Å². The molecular weight excluding hydrogens is 520 g/mol. The molecule has 0 bridgehead atoms. The maximum absolute atomic E-state index is 13.0. The van der Waals surface area contributed by atoms with Crippen molar-refractivity contribution in [2.24, 2.45) is 5.73 Å². The van der Waals surface area contributed by atoms with Gasteiger partial charge < -0.3 is 20.3 Å². The van der Waals surface area contributed by atoms with E-state index in [0.29, 0.717) is 5.69 Å². The van der Waals surface area contributed by atoms with Gasteiger partial charge in [-0.15, -0.1) is 12.4 Å². The van der Waals surface area contributed by atoms with Crippen molar-refractivity contribution in [2.75, 3.05) is 17.9 Å². The van der Waals surface area contributed by atoms with Gasteiger partial charge in [0.25, 0.3) is 10.0 Å². The van der Waals surface area contributed by atoms with Gasteiger partial charge in [0.1, 0.15) is 6.61 Å². The van der Waals surface area contributed by atoms with Crippen LogP contribution in [0.3, 0.4) is 0 Å². The highest BCUT2D eigenvalue weighted by Gasteiger charge is 2.20. The van der Waals surface area contributed by atoms with Crippen LogP contribution in [0, 0.1) is 13.8 Å². The number of carbonyl (C=O) groups is 1. The SMILES string of the molecule is Cc1cccc(C)c1-c1cc(OC[C@H](N)COC(C)C)nc(NS(=O)(=O)c2cccc(C(=O)O)c2)n1.Cl. The Morgan fingerprint density at radius 3 is 2.32 bits per heavy atom. The van der Waals surface area contributed by atoms with Crippen LogP contribution in [0.25, 0.3) is 11.3 Å². The highest BCUT2D eigenvalue weighted by molar-refractivity contribution is 7.92. The molecule has 0 aliphatic heterocycles. The fourth-order valence-corrected chi connectivity index (χ4v) is 4.41. The monoisotopic (exact) mass is 550 g/mol. The predicted octanol–water partition coefficient (Wildman–Crippen LogP) is 3.81. The summed E-state index contributed by atoms with van der Waals surface area (Å²) >= 11 is 0. The molecule has 2 aromatic carbocycles. The molecule has 0 unspecified atom stereocenters. The lowest BCUT2D eigenvalue weighted by Gasteiger charge is -2.17. The fourth-order valence-electron chi connectivity index (χ4n) is 3.42. The number of carboxylic acid groups (broad SMARTS) is 1. The summed E-state index contributed by atoms with van der Waals surface area (Å²) in [6, 6.07) is 12.0. The summed E-state index contributed by atoms with van der Waals surface area (Å²) in [5, 5.41) is 9.21. The summed E-state index contributed by atoms with van der Waals surface area (Å²) in [6.45, 7) is 8.02. The second-order valence-electron chi connectivity index (χ2n) is 8.57. The van der Waals surface area contributed by atoms with Crippen molar-refractivity contribution in [1.82, 2.24) is 9.97 Å². The Hall–Kier alpha value is -3.25. The van der Waals surface area contributed by atoms with Crippen molar-refractivity contribution in [2.45, 2.75) is 44.7 Å². The molecule has 0 fully saturated rings. The maximum atomic E-state index is 13.0. The van der Waals surface area contributed by atoms with Crippen LogP contribution in [0.2, 0.25) is 0 Å². The number of aromatic carboxylic acids is 1. The van der Waals surface area contributed by atoms with E-state index in [1.54, 1.807) is 6.07 Å². The third kappa shape index (κ3) is 8.12. The lowest BCUT2D eigenvalue weighted by molar-refractivity contribution is 0.0583. The molecule has 200 valence electrons. The number of nitrogens with two attached hydrogens (primary N) is 1. The van der Waals surface area contributed by atoms with Crippen LogP contribution in [-0.2, 0) is 14.8 Å². The second-order valence-corrected chi connectivity index (χ2v) is 10.3. The number of aromatic nitrogens is 2. The Balaban J connectivity index is 0.00000481. The average molecular weight is 551 g/mol. The number of aryl methyl sites for hydroxylation is 2. The van der Waals surface area contributed by atoms with Gasteiger partial charge in [0.05, 0.1) is 34.9 Å². The Morgan fingerprint density at radius 1 is 1.05 bits per heavy atom.